The molecule has 3 nitrogen and oxygen atoms in total. The number of nitrogens with one attached hydrogen (secondary N) is 2. The third-order valence-corrected chi connectivity index (χ3v) is 4.10. The summed E-state index contributed by atoms with van der Waals surface area (Å²) in [5.74, 6) is 0. The van der Waals surface area contributed by atoms with Gasteiger partial charge in [-0.15, -0.1) is 6.58 Å². The first kappa shape index (κ1) is 13.4. The van der Waals surface area contributed by atoms with Gasteiger partial charge in [0.15, 0.2) is 0 Å². The number of H-pyrrole nitrogens is 1. The second-order valence-electron chi connectivity index (χ2n) is 5.79. The molecular weight excluding hydrogens is 246 g/mol. The van der Waals surface area contributed by atoms with Gasteiger partial charge in [0.25, 0.3) is 0 Å². The molecule has 0 radical (unpaired) electrons. The fourth-order valence-electron chi connectivity index (χ4n) is 3.06. The van der Waals surface area contributed by atoms with Gasteiger partial charge >= 0.3 is 0 Å². The number of hydrogen-bond donors (Lipinski definition) is 2. The first-order valence-electron chi connectivity index (χ1n) is 7.40. The molecule has 1 aromatic carbocycles. The molecule has 20 heavy (non-hydrogen) atoms. The van der Waals surface area contributed by atoms with Crippen LogP contribution in [0, 0.1) is 0 Å². The van der Waals surface area contributed by atoms with Crippen molar-refractivity contribution >= 4 is 10.9 Å². The van der Waals surface area contributed by atoms with E-state index < -0.39 is 0 Å². The number of nitrogens with zero attached hydrogens (tertiary/aromatic N) is 1. The first-order valence-corrected chi connectivity index (χ1v) is 7.40. The van der Waals surface area contributed by atoms with Gasteiger partial charge in [-0.05, 0) is 42.5 Å². The second kappa shape index (κ2) is 5.81. The Bertz CT molecular complexity index is 593. The molecule has 0 amide bonds. The summed E-state index contributed by atoms with van der Waals surface area (Å²) in [6.07, 6.45) is 3.04. The van der Waals surface area contributed by atoms with Gasteiger partial charge in [-0.1, -0.05) is 11.6 Å². The SMILES string of the molecule is C=C(C)C[C@H](c1ccc2[nH]ccc2c1)N1CCNCC1. The molecule has 2 aromatic rings. The smallest absolute Gasteiger partial charge is 0.0454 e. The van der Waals surface area contributed by atoms with Crippen molar-refractivity contribution in [3.63, 3.8) is 0 Å². The summed E-state index contributed by atoms with van der Waals surface area (Å²) in [5, 5.41) is 4.73. The van der Waals surface area contributed by atoms with E-state index in [1.54, 1.807) is 0 Å². The van der Waals surface area contributed by atoms with E-state index in [0.29, 0.717) is 6.04 Å². The third kappa shape index (κ3) is 2.79. The molecule has 0 aliphatic carbocycles. The zero-order valence-electron chi connectivity index (χ0n) is 12.2. The zero-order chi connectivity index (χ0) is 13.9. The molecule has 2 heterocycles. The fraction of sp³-hybridized carbons (Fsp3) is 0.412. The van der Waals surface area contributed by atoms with Crippen molar-refractivity contribution < 1.29 is 0 Å². The van der Waals surface area contributed by atoms with Crippen LogP contribution >= 0.6 is 0 Å². The molecular formula is C17H23N3. The Morgan fingerprint density at radius 3 is 2.85 bits per heavy atom. The Kier molecular flexibility index (Phi) is 3.90. The Hall–Kier alpha value is -1.58. The molecule has 1 aliphatic rings. The Morgan fingerprint density at radius 2 is 2.10 bits per heavy atom. The molecule has 1 saturated heterocycles. The van der Waals surface area contributed by atoms with Crippen molar-refractivity contribution in [2.45, 2.75) is 19.4 Å². The van der Waals surface area contributed by atoms with Crippen LogP contribution in [0.3, 0.4) is 0 Å². The first-order chi connectivity index (χ1) is 9.74. The van der Waals surface area contributed by atoms with Crippen LogP contribution in [0.15, 0.2) is 42.6 Å². The summed E-state index contributed by atoms with van der Waals surface area (Å²) >= 11 is 0. The monoisotopic (exact) mass is 269 g/mol. The zero-order valence-corrected chi connectivity index (χ0v) is 12.2. The van der Waals surface area contributed by atoms with E-state index in [0.717, 1.165) is 32.6 Å². The van der Waals surface area contributed by atoms with E-state index in [4.69, 9.17) is 0 Å². The predicted molar refractivity (Wildman–Crippen MR) is 84.9 cm³/mol. The van der Waals surface area contributed by atoms with E-state index in [1.807, 2.05) is 6.20 Å². The van der Waals surface area contributed by atoms with E-state index in [9.17, 15) is 0 Å². The van der Waals surface area contributed by atoms with Gasteiger partial charge in [0, 0.05) is 43.9 Å². The molecule has 3 heteroatoms. The summed E-state index contributed by atoms with van der Waals surface area (Å²) in [5.41, 5.74) is 3.87. The summed E-state index contributed by atoms with van der Waals surface area (Å²) in [6.45, 7) is 10.6. The standard InChI is InChI=1S/C17H23N3/c1-13(2)11-17(20-9-7-18-8-10-20)15-3-4-16-14(12-15)5-6-19-16/h3-6,12,17-19H,1,7-11H2,2H3/t17-/m1/s1. The maximum Gasteiger partial charge on any atom is 0.0454 e. The summed E-state index contributed by atoms with van der Waals surface area (Å²) in [4.78, 5) is 5.85. The van der Waals surface area contributed by atoms with Gasteiger partial charge in [-0.25, -0.2) is 0 Å². The molecule has 1 atom stereocenters. The number of hydrogen-bond acceptors (Lipinski definition) is 2. The Labute approximate surface area is 120 Å². The van der Waals surface area contributed by atoms with Crippen LogP contribution in [0.4, 0.5) is 0 Å². The minimum absolute atomic E-state index is 0.453. The third-order valence-electron chi connectivity index (χ3n) is 4.10. The maximum absolute atomic E-state index is 4.12. The summed E-state index contributed by atoms with van der Waals surface area (Å²) in [7, 11) is 0. The van der Waals surface area contributed by atoms with Crippen molar-refractivity contribution in [1.82, 2.24) is 15.2 Å². The molecule has 1 fully saturated rings. The van der Waals surface area contributed by atoms with Gasteiger partial charge in [0.2, 0.25) is 0 Å². The minimum atomic E-state index is 0.453. The predicted octanol–water partition coefficient (Wildman–Crippen LogP) is 3.08. The van der Waals surface area contributed by atoms with Crippen LogP contribution in [0.5, 0.6) is 0 Å². The number of aromatic nitrogens is 1. The van der Waals surface area contributed by atoms with Gasteiger partial charge in [-0.2, -0.15) is 0 Å². The van der Waals surface area contributed by atoms with E-state index >= 15 is 0 Å². The van der Waals surface area contributed by atoms with Gasteiger partial charge in [0.05, 0.1) is 0 Å². The van der Waals surface area contributed by atoms with Crippen molar-refractivity contribution in [3.8, 4) is 0 Å². The lowest BCUT2D eigenvalue weighted by atomic mass is 9.97. The minimum Gasteiger partial charge on any atom is -0.361 e. The number of piperazine rings is 1. The second-order valence-corrected chi connectivity index (χ2v) is 5.79. The van der Waals surface area contributed by atoms with Crippen molar-refractivity contribution in [2.24, 2.45) is 0 Å². The van der Waals surface area contributed by atoms with Crippen LogP contribution < -0.4 is 5.32 Å². The normalized spacial score (nSPS) is 18.2. The number of rotatable bonds is 4. The lowest BCUT2D eigenvalue weighted by Gasteiger charge is -2.35. The van der Waals surface area contributed by atoms with Crippen molar-refractivity contribution in [3.05, 3.63) is 48.2 Å². The molecule has 2 N–H and O–H groups in total. The van der Waals surface area contributed by atoms with Crippen LogP contribution in [-0.2, 0) is 0 Å². The van der Waals surface area contributed by atoms with Crippen LogP contribution in [0.25, 0.3) is 10.9 Å². The lowest BCUT2D eigenvalue weighted by molar-refractivity contribution is 0.172. The Morgan fingerprint density at radius 1 is 1.30 bits per heavy atom. The fourth-order valence-corrected chi connectivity index (χ4v) is 3.06. The quantitative estimate of drug-likeness (QED) is 0.836. The van der Waals surface area contributed by atoms with E-state index in [-0.39, 0.29) is 0 Å². The van der Waals surface area contributed by atoms with Crippen LogP contribution in [-0.4, -0.2) is 36.1 Å². The van der Waals surface area contributed by atoms with Crippen molar-refractivity contribution in [1.29, 1.82) is 0 Å². The van der Waals surface area contributed by atoms with Gasteiger partial charge < -0.3 is 10.3 Å². The van der Waals surface area contributed by atoms with Crippen LogP contribution in [0.2, 0.25) is 0 Å². The lowest BCUT2D eigenvalue weighted by Crippen LogP contribution is -2.45. The largest absolute Gasteiger partial charge is 0.361 e. The molecule has 1 aromatic heterocycles. The van der Waals surface area contributed by atoms with Gasteiger partial charge in [-0.3, -0.25) is 4.90 Å². The van der Waals surface area contributed by atoms with Crippen molar-refractivity contribution in [2.75, 3.05) is 26.2 Å². The highest BCUT2D eigenvalue weighted by Gasteiger charge is 2.22. The molecule has 1 aliphatic heterocycles. The average Bonchev–Trinajstić information content (AvgIpc) is 2.93. The molecule has 0 saturated carbocycles. The maximum atomic E-state index is 4.12. The summed E-state index contributed by atoms with van der Waals surface area (Å²) < 4.78 is 0. The molecule has 106 valence electrons. The number of fused-ring (bicyclic) bond motifs is 1. The van der Waals surface area contributed by atoms with E-state index in [1.165, 1.54) is 22.0 Å². The molecule has 0 unspecified atom stereocenters. The summed E-state index contributed by atoms with van der Waals surface area (Å²) in [6, 6.07) is 9.37. The number of benzene rings is 1. The topological polar surface area (TPSA) is 31.1 Å². The highest BCUT2D eigenvalue weighted by atomic mass is 15.2. The average molecular weight is 269 g/mol. The Balaban J connectivity index is 1.91. The van der Waals surface area contributed by atoms with E-state index in [2.05, 4.69) is 53.0 Å². The highest BCUT2D eigenvalue weighted by Crippen LogP contribution is 2.29. The molecule has 0 bridgehead atoms. The number of aromatic amines is 1. The highest BCUT2D eigenvalue weighted by molar-refractivity contribution is 5.80. The van der Waals surface area contributed by atoms with Gasteiger partial charge in [0.1, 0.15) is 0 Å². The molecule has 0 spiro atoms. The molecule has 3 rings (SSSR count). The van der Waals surface area contributed by atoms with Crippen LogP contribution in [0.1, 0.15) is 24.9 Å².